The van der Waals surface area contributed by atoms with Gasteiger partial charge < -0.3 is 4.74 Å². The van der Waals surface area contributed by atoms with Gasteiger partial charge in [0.15, 0.2) is 5.69 Å². The van der Waals surface area contributed by atoms with Crippen LogP contribution in [0.15, 0.2) is 36.5 Å². The number of aromatic nitrogens is 2. The number of halogens is 3. The topological polar surface area (TPSA) is 27.1 Å². The van der Waals surface area contributed by atoms with Gasteiger partial charge in [0.1, 0.15) is 5.75 Å². The maximum atomic E-state index is 12.3. The van der Waals surface area contributed by atoms with Crippen molar-refractivity contribution in [1.29, 1.82) is 0 Å². The average Bonchev–Trinajstić information content (AvgIpc) is 2.78. The van der Waals surface area contributed by atoms with E-state index in [2.05, 4.69) is 5.10 Å². The molecule has 0 fully saturated rings. The van der Waals surface area contributed by atoms with Crippen molar-refractivity contribution in [1.82, 2.24) is 9.78 Å². The number of rotatable bonds is 2. The van der Waals surface area contributed by atoms with E-state index in [1.165, 1.54) is 18.0 Å². The highest BCUT2D eigenvalue weighted by molar-refractivity contribution is 5.36. The molecule has 0 aliphatic rings. The molecule has 1 heterocycles. The number of nitrogens with zero attached hydrogens (tertiary/aromatic N) is 2. The summed E-state index contributed by atoms with van der Waals surface area (Å²) in [6, 6.07) is 7.51. The Bertz CT molecular complexity index is 502. The summed E-state index contributed by atoms with van der Waals surface area (Å²) in [5, 5.41) is 3.46. The zero-order valence-electron chi connectivity index (χ0n) is 8.90. The summed E-state index contributed by atoms with van der Waals surface area (Å²) in [6.07, 6.45) is -3.15. The van der Waals surface area contributed by atoms with Crippen LogP contribution in [0.2, 0.25) is 0 Å². The number of hydrogen-bond donors (Lipinski definition) is 0. The van der Waals surface area contributed by atoms with Crippen LogP contribution in [0, 0.1) is 0 Å². The predicted molar refractivity (Wildman–Crippen MR) is 55.1 cm³/mol. The van der Waals surface area contributed by atoms with Gasteiger partial charge in [0.2, 0.25) is 0 Å². The molecule has 0 bridgehead atoms. The fourth-order valence-corrected chi connectivity index (χ4v) is 1.35. The first kappa shape index (κ1) is 11.5. The van der Waals surface area contributed by atoms with Gasteiger partial charge in [-0.2, -0.15) is 18.3 Å². The Balaban J connectivity index is 2.30. The molecule has 0 radical (unpaired) electrons. The van der Waals surface area contributed by atoms with Gasteiger partial charge in [0, 0.05) is 6.20 Å². The van der Waals surface area contributed by atoms with E-state index in [1.807, 2.05) is 0 Å². The average molecular weight is 242 g/mol. The normalized spacial score (nSPS) is 11.5. The van der Waals surface area contributed by atoms with Crippen molar-refractivity contribution in [2.75, 3.05) is 7.11 Å². The summed E-state index contributed by atoms with van der Waals surface area (Å²) in [5.41, 5.74) is -0.366. The molecule has 0 aliphatic carbocycles. The van der Waals surface area contributed by atoms with Crippen LogP contribution < -0.4 is 4.74 Å². The van der Waals surface area contributed by atoms with E-state index in [9.17, 15) is 13.2 Å². The molecule has 1 aromatic heterocycles. The largest absolute Gasteiger partial charge is 0.497 e. The minimum absolute atomic E-state index is 0.543. The summed E-state index contributed by atoms with van der Waals surface area (Å²) in [6.45, 7) is 0. The molecule has 17 heavy (non-hydrogen) atoms. The minimum Gasteiger partial charge on any atom is -0.497 e. The molecule has 6 heteroatoms. The molecule has 2 aromatic rings. The van der Waals surface area contributed by atoms with Crippen LogP contribution in [0.3, 0.4) is 0 Å². The molecule has 1 aromatic carbocycles. The third-order valence-corrected chi connectivity index (χ3v) is 2.22. The van der Waals surface area contributed by atoms with Crippen LogP contribution in [-0.2, 0) is 6.18 Å². The Morgan fingerprint density at radius 3 is 2.24 bits per heavy atom. The summed E-state index contributed by atoms with van der Waals surface area (Å²) >= 11 is 0. The highest BCUT2D eigenvalue weighted by Gasteiger charge is 2.33. The maximum Gasteiger partial charge on any atom is 0.435 e. The Morgan fingerprint density at radius 1 is 1.12 bits per heavy atom. The second-order valence-electron chi connectivity index (χ2n) is 3.34. The van der Waals surface area contributed by atoms with Crippen LogP contribution in [0.25, 0.3) is 5.69 Å². The number of methoxy groups -OCH3 is 1. The Hall–Kier alpha value is -1.98. The molecule has 2 rings (SSSR count). The van der Waals surface area contributed by atoms with Gasteiger partial charge in [-0.1, -0.05) is 0 Å². The van der Waals surface area contributed by atoms with Crippen molar-refractivity contribution in [3.63, 3.8) is 0 Å². The molecule has 0 spiro atoms. The Labute approximate surface area is 95.4 Å². The van der Waals surface area contributed by atoms with E-state index in [0.29, 0.717) is 11.4 Å². The zero-order chi connectivity index (χ0) is 12.5. The van der Waals surface area contributed by atoms with Crippen molar-refractivity contribution < 1.29 is 17.9 Å². The summed E-state index contributed by atoms with van der Waals surface area (Å²) in [4.78, 5) is 0. The molecule has 3 nitrogen and oxygen atoms in total. The number of ether oxygens (including phenoxy) is 1. The monoisotopic (exact) mass is 242 g/mol. The second-order valence-corrected chi connectivity index (χ2v) is 3.34. The van der Waals surface area contributed by atoms with Gasteiger partial charge in [-0.25, -0.2) is 4.68 Å². The van der Waals surface area contributed by atoms with Crippen molar-refractivity contribution in [2.45, 2.75) is 6.18 Å². The van der Waals surface area contributed by atoms with E-state index in [4.69, 9.17) is 4.74 Å². The van der Waals surface area contributed by atoms with Gasteiger partial charge in [-0.3, -0.25) is 0 Å². The zero-order valence-corrected chi connectivity index (χ0v) is 8.90. The lowest BCUT2D eigenvalue weighted by Gasteiger charge is -2.04. The molecule has 0 saturated heterocycles. The van der Waals surface area contributed by atoms with Crippen molar-refractivity contribution in [3.05, 3.63) is 42.2 Å². The fourth-order valence-electron chi connectivity index (χ4n) is 1.35. The highest BCUT2D eigenvalue weighted by atomic mass is 19.4. The summed E-state index contributed by atoms with van der Waals surface area (Å²) in [5.74, 6) is 0.636. The first-order valence-corrected chi connectivity index (χ1v) is 4.78. The van der Waals surface area contributed by atoms with Crippen molar-refractivity contribution in [3.8, 4) is 11.4 Å². The van der Waals surface area contributed by atoms with E-state index < -0.39 is 11.9 Å². The third-order valence-electron chi connectivity index (χ3n) is 2.22. The Morgan fingerprint density at radius 2 is 1.76 bits per heavy atom. The molecule has 0 N–H and O–H groups in total. The third kappa shape index (κ3) is 2.41. The molecular formula is C11H9F3N2O. The standard InChI is InChI=1S/C11H9F3N2O/c1-17-9-4-2-8(3-5-9)16-7-6-10(15-16)11(12,13)14/h2-7H,1H3. The maximum absolute atomic E-state index is 12.3. The molecule has 0 amide bonds. The number of alkyl halides is 3. The number of hydrogen-bond acceptors (Lipinski definition) is 2. The van der Waals surface area contributed by atoms with E-state index >= 15 is 0 Å². The molecular weight excluding hydrogens is 233 g/mol. The van der Waals surface area contributed by atoms with Crippen LogP contribution >= 0.6 is 0 Å². The second kappa shape index (κ2) is 4.12. The van der Waals surface area contributed by atoms with E-state index in [0.717, 1.165) is 6.07 Å². The first-order valence-electron chi connectivity index (χ1n) is 4.78. The first-order chi connectivity index (χ1) is 8.00. The molecule has 90 valence electrons. The van der Waals surface area contributed by atoms with Crippen LogP contribution in [0.4, 0.5) is 13.2 Å². The van der Waals surface area contributed by atoms with Crippen molar-refractivity contribution >= 4 is 0 Å². The molecule has 0 saturated carbocycles. The lowest BCUT2D eigenvalue weighted by molar-refractivity contribution is -0.141. The van der Waals surface area contributed by atoms with Gasteiger partial charge in [0.25, 0.3) is 0 Å². The molecule has 0 aliphatic heterocycles. The highest BCUT2D eigenvalue weighted by Crippen LogP contribution is 2.28. The van der Waals surface area contributed by atoms with E-state index in [1.54, 1.807) is 24.3 Å². The smallest absolute Gasteiger partial charge is 0.435 e. The van der Waals surface area contributed by atoms with Gasteiger partial charge in [-0.15, -0.1) is 0 Å². The minimum atomic E-state index is -4.42. The van der Waals surface area contributed by atoms with Crippen molar-refractivity contribution in [2.24, 2.45) is 0 Å². The predicted octanol–water partition coefficient (Wildman–Crippen LogP) is 2.90. The Kier molecular flexibility index (Phi) is 2.79. The van der Waals surface area contributed by atoms with Crippen LogP contribution in [0.5, 0.6) is 5.75 Å². The van der Waals surface area contributed by atoms with E-state index in [-0.39, 0.29) is 0 Å². The van der Waals surface area contributed by atoms with Crippen LogP contribution in [-0.4, -0.2) is 16.9 Å². The quantitative estimate of drug-likeness (QED) is 0.809. The molecule has 0 unspecified atom stereocenters. The summed E-state index contributed by atoms with van der Waals surface area (Å²) in [7, 11) is 1.52. The fraction of sp³-hybridized carbons (Fsp3) is 0.182. The van der Waals surface area contributed by atoms with Gasteiger partial charge >= 0.3 is 6.18 Å². The van der Waals surface area contributed by atoms with Gasteiger partial charge in [0.05, 0.1) is 12.8 Å². The summed E-state index contributed by atoms with van der Waals surface area (Å²) < 4.78 is 43.1. The SMILES string of the molecule is COc1ccc(-n2ccc(C(F)(F)F)n2)cc1. The van der Waals surface area contributed by atoms with Gasteiger partial charge in [-0.05, 0) is 30.3 Å². The lowest BCUT2D eigenvalue weighted by Crippen LogP contribution is -2.07. The number of benzene rings is 1. The van der Waals surface area contributed by atoms with Crippen LogP contribution in [0.1, 0.15) is 5.69 Å². The lowest BCUT2D eigenvalue weighted by atomic mass is 10.3. The molecule has 0 atom stereocenters.